The van der Waals surface area contributed by atoms with E-state index in [1.165, 1.54) is 31.2 Å². The van der Waals surface area contributed by atoms with Gasteiger partial charge in [0.15, 0.2) is 8.32 Å². The predicted molar refractivity (Wildman–Crippen MR) is 109 cm³/mol. The fourth-order valence-corrected chi connectivity index (χ4v) is 4.96. The van der Waals surface area contributed by atoms with Crippen LogP contribution in [0.3, 0.4) is 0 Å². The molecule has 0 amide bonds. The van der Waals surface area contributed by atoms with Crippen LogP contribution in [0.25, 0.3) is 0 Å². The molecule has 2 rings (SSSR count). The van der Waals surface area contributed by atoms with Crippen LogP contribution in [0.2, 0.25) is 18.1 Å². The van der Waals surface area contributed by atoms with Crippen LogP contribution in [0.5, 0.6) is 0 Å². The van der Waals surface area contributed by atoms with Crippen molar-refractivity contribution in [3.05, 3.63) is 35.9 Å². The Labute approximate surface area is 156 Å². The van der Waals surface area contributed by atoms with Gasteiger partial charge in [0.25, 0.3) is 0 Å². The molecule has 1 aliphatic carbocycles. The van der Waals surface area contributed by atoms with Crippen LogP contribution in [-0.2, 0) is 15.8 Å². The van der Waals surface area contributed by atoms with E-state index in [1.807, 2.05) is 0 Å². The highest BCUT2D eigenvalue weighted by atomic mass is 28.4. The molecule has 0 heterocycles. The fraction of sp³-hybridized carbons (Fsp3) is 0.727. The Kier molecular flexibility index (Phi) is 7.30. The third-order valence-corrected chi connectivity index (χ3v) is 10.9. The van der Waals surface area contributed by atoms with Crippen molar-refractivity contribution in [2.24, 2.45) is 11.8 Å². The van der Waals surface area contributed by atoms with E-state index in [4.69, 9.17) is 9.16 Å². The number of benzene rings is 1. The van der Waals surface area contributed by atoms with Gasteiger partial charge in [0.1, 0.15) is 0 Å². The quantitative estimate of drug-likeness (QED) is 0.521. The Morgan fingerprint density at radius 1 is 1.04 bits per heavy atom. The molecule has 1 atom stereocenters. The number of rotatable bonds is 7. The molecule has 1 aromatic carbocycles. The van der Waals surface area contributed by atoms with Crippen molar-refractivity contribution in [2.45, 2.75) is 84.2 Å². The first-order chi connectivity index (χ1) is 11.7. The second-order valence-electron chi connectivity index (χ2n) is 9.36. The first-order valence-electron chi connectivity index (χ1n) is 9.98. The Balaban J connectivity index is 1.70. The van der Waals surface area contributed by atoms with Crippen molar-refractivity contribution in [1.29, 1.82) is 0 Å². The van der Waals surface area contributed by atoms with Gasteiger partial charge in [0.2, 0.25) is 0 Å². The minimum atomic E-state index is -1.65. The Morgan fingerprint density at radius 2 is 1.64 bits per heavy atom. The molecule has 1 saturated carbocycles. The summed E-state index contributed by atoms with van der Waals surface area (Å²) in [7, 11) is -1.65. The largest absolute Gasteiger partial charge is 0.414 e. The summed E-state index contributed by atoms with van der Waals surface area (Å²) in [5.41, 5.74) is 1.27. The van der Waals surface area contributed by atoms with Crippen LogP contribution in [-0.4, -0.2) is 21.0 Å². The van der Waals surface area contributed by atoms with Crippen LogP contribution in [0.15, 0.2) is 30.3 Å². The molecule has 0 saturated heterocycles. The van der Waals surface area contributed by atoms with Crippen molar-refractivity contribution >= 4 is 8.32 Å². The van der Waals surface area contributed by atoms with Gasteiger partial charge in [-0.2, -0.15) is 0 Å². The topological polar surface area (TPSA) is 18.5 Å². The van der Waals surface area contributed by atoms with Gasteiger partial charge in [0, 0.05) is 12.7 Å². The first-order valence-corrected chi connectivity index (χ1v) is 12.9. The highest BCUT2D eigenvalue weighted by Gasteiger charge is 2.40. The third kappa shape index (κ3) is 6.23. The second-order valence-corrected chi connectivity index (χ2v) is 14.1. The lowest BCUT2D eigenvalue weighted by molar-refractivity contribution is 0.0461. The second kappa shape index (κ2) is 8.83. The van der Waals surface area contributed by atoms with Crippen molar-refractivity contribution in [3.8, 4) is 0 Å². The average Bonchev–Trinajstić information content (AvgIpc) is 2.55. The lowest BCUT2D eigenvalue weighted by Gasteiger charge is -2.41. The molecule has 0 bridgehead atoms. The lowest BCUT2D eigenvalue weighted by atomic mass is 9.80. The van der Waals surface area contributed by atoms with E-state index < -0.39 is 8.32 Å². The Morgan fingerprint density at radius 3 is 2.20 bits per heavy atom. The van der Waals surface area contributed by atoms with E-state index in [2.05, 4.69) is 71.1 Å². The maximum absolute atomic E-state index is 6.62. The molecule has 1 aliphatic rings. The molecule has 3 heteroatoms. The summed E-state index contributed by atoms with van der Waals surface area (Å²) in [5.74, 6) is 1.44. The van der Waals surface area contributed by atoms with Crippen molar-refractivity contribution in [3.63, 3.8) is 0 Å². The third-order valence-electron chi connectivity index (χ3n) is 6.31. The summed E-state index contributed by atoms with van der Waals surface area (Å²) < 4.78 is 12.6. The summed E-state index contributed by atoms with van der Waals surface area (Å²) in [6.45, 7) is 15.7. The molecule has 0 aliphatic heterocycles. The van der Waals surface area contributed by atoms with Crippen molar-refractivity contribution in [1.82, 2.24) is 0 Å². The van der Waals surface area contributed by atoms with Gasteiger partial charge in [-0.25, -0.2) is 0 Å². The molecule has 0 spiro atoms. The molecule has 0 N–H and O–H groups in total. The molecule has 25 heavy (non-hydrogen) atoms. The van der Waals surface area contributed by atoms with Crippen LogP contribution >= 0.6 is 0 Å². The van der Waals surface area contributed by atoms with E-state index in [0.29, 0.717) is 11.1 Å². The van der Waals surface area contributed by atoms with E-state index in [1.54, 1.807) is 0 Å². The van der Waals surface area contributed by atoms with E-state index in [-0.39, 0.29) is 0 Å². The molecular formula is C22H38O2Si. The van der Waals surface area contributed by atoms with Crippen molar-refractivity contribution in [2.75, 3.05) is 6.61 Å². The molecule has 0 aromatic heterocycles. The Hall–Kier alpha value is -0.643. The van der Waals surface area contributed by atoms with E-state index in [0.717, 1.165) is 25.0 Å². The number of ether oxygens (including phenoxy) is 1. The van der Waals surface area contributed by atoms with Gasteiger partial charge in [-0.1, -0.05) is 51.1 Å². The summed E-state index contributed by atoms with van der Waals surface area (Å²) in [5, 5.41) is 0.295. The molecule has 1 unspecified atom stereocenters. The maximum atomic E-state index is 6.62. The van der Waals surface area contributed by atoms with Gasteiger partial charge in [-0.05, 0) is 68.1 Å². The lowest BCUT2D eigenvalue weighted by Crippen LogP contribution is -2.45. The molecule has 0 radical (unpaired) electrons. The van der Waals surface area contributed by atoms with Crippen LogP contribution < -0.4 is 0 Å². The minimum Gasteiger partial charge on any atom is -0.414 e. The van der Waals surface area contributed by atoms with Gasteiger partial charge >= 0.3 is 0 Å². The van der Waals surface area contributed by atoms with Crippen LogP contribution in [0.1, 0.15) is 58.9 Å². The summed E-state index contributed by atoms with van der Waals surface area (Å²) in [6.07, 6.45) is 5.53. The van der Waals surface area contributed by atoms with Gasteiger partial charge in [0.05, 0.1) is 6.61 Å². The van der Waals surface area contributed by atoms with E-state index >= 15 is 0 Å². The van der Waals surface area contributed by atoms with Crippen LogP contribution in [0.4, 0.5) is 0 Å². The van der Waals surface area contributed by atoms with Gasteiger partial charge < -0.3 is 9.16 Å². The normalized spacial score (nSPS) is 23.4. The summed E-state index contributed by atoms with van der Waals surface area (Å²) >= 11 is 0. The number of hydrogen-bond donors (Lipinski definition) is 0. The molecule has 1 aromatic rings. The Bertz CT molecular complexity index is 499. The van der Waals surface area contributed by atoms with Crippen LogP contribution in [0, 0.1) is 11.8 Å². The van der Waals surface area contributed by atoms with Gasteiger partial charge in [-0.3, -0.25) is 0 Å². The fourth-order valence-electron chi connectivity index (χ4n) is 3.48. The molecule has 142 valence electrons. The maximum Gasteiger partial charge on any atom is 0.192 e. The summed E-state index contributed by atoms with van der Waals surface area (Å²) in [6, 6.07) is 10.5. The zero-order chi connectivity index (χ0) is 18.5. The molecular weight excluding hydrogens is 324 g/mol. The summed E-state index contributed by atoms with van der Waals surface area (Å²) in [4.78, 5) is 0. The SMILES string of the molecule is CC(O[Si](C)(C)C(C)(C)C)[C@H]1CC[C@H](COCc2ccccc2)CC1. The van der Waals surface area contributed by atoms with E-state index in [9.17, 15) is 0 Å². The van der Waals surface area contributed by atoms with Gasteiger partial charge in [-0.15, -0.1) is 0 Å². The minimum absolute atomic E-state index is 0.295. The highest BCUT2D eigenvalue weighted by molar-refractivity contribution is 6.74. The standard InChI is InChI=1S/C22H38O2Si/c1-18(24-25(5,6)22(2,3)4)21-14-12-20(13-15-21)17-23-16-19-10-8-7-9-11-19/h7-11,18,20-21H,12-17H2,1-6H3/t18?,20-,21-. The average molecular weight is 363 g/mol. The molecule has 1 fully saturated rings. The predicted octanol–water partition coefficient (Wildman–Crippen LogP) is 6.42. The monoisotopic (exact) mass is 362 g/mol. The van der Waals surface area contributed by atoms with Crippen molar-refractivity contribution < 1.29 is 9.16 Å². The zero-order valence-electron chi connectivity index (χ0n) is 17.2. The molecule has 2 nitrogen and oxygen atoms in total. The smallest absolute Gasteiger partial charge is 0.192 e. The number of hydrogen-bond acceptors (Lipinski definition) is 2. The zero-order valence-corrected chi connectivity index (χ0v) is 18.2. The highest BCUT2D eigenvalue weighted by Crippen LogP contribution is 2.40. The first kappa shape index (κ1) is 20.7.